The quantitative estimate of drug-likeness (QED) is 0.341. The number of nitrogens with one attached hydrogen (secondary N) is 2. The van der Waals surface area contributed by atoms with Crippen LogP contribution in [0.4, 0.5) is 0 Å². The Morgan fingerprint density at radius 1 is 1.06 bits per heavy atom. The summed E-state index contributed by atoms with van der Waals surface area (Å²) in [5, 5.41) is 7.12. The molecule has 1 heterocycles. The topological polar surface area (TPSA) is 83.0 Å². The number of hydrogen-bond acceptors (Lipinski definition) is 5. The van der Waals surface area contributed by atoms with Crippen molar-refractivity contribution in [2.45, 2.75) is 32.2 Å². The number of rotatable bonds is 10. The Kier molecular flexibility index (Phi) is 9.40. The van der Waals surface area contributed by atoms with Gasteiger partial charge < -0.3 is 10.1 Å². The number of carbonyl (C=O) groups is 2. The molecule has 1 aliphatic heterocycles. The Hall–Kier alpha value is -3.03. The molecular formula is C25H32N4O3. The molecule has 2 N–H and O–H groups in total. The van der Waals surface area contributed by atoms with E-state index in [-0.39, 0.29) is 17.9 Å². The zero-order valence-electron chi connectivity index (χ0n) is 18.6. The van der Waals surface area contributed by atoms with Gasteiger partial charge in [-0.05, 0) is 49.4 Å². The fourth-order valence-corrected chi connectivity index (χ4v) is 3.70. The Morgan fingerprint density at radius 3 is 2.53 bits per heavy atom. The number of benzene rings is 2. The van der Waals surface area contributed by atoms with Crippen molar-refractivity contribution in [1.29, 1.82) is 0 Å². The number of nitrogens with zero attached hydrogens (tertiary/aromatic N) is 2. The normalized spacial score (nSPS) is 15.4. The third-order valence-corrected chi connectivity index (χ3v) is 5.58. The molecule has 0 aromatic heterocycles. The van der Waals surface area contributed by atoms with Crippen molar-refractivity contribution >= 4 is 18.0 Å². The predicted octanol–water partition coefficient (Wildman–Crippen LogP) is 2.75. The van der Waals surface area contributed by atoms with Crippen molar-refractivity contribution in [3.63, 3.8) is 0 Å². The van der Waals surface area contributed by atoms with E-state index in [0.717, 1.165) is 37.1 Å². The van der Waals surface area contributed by atoms with Gasteiger partial charge in [-0.1, -0.05) is 42.5 Å². The third-order valence-electron chi connectivity index (χ3n) is 5.58. The molecule has 0 aliphatic carbocycles. The van der Waals surface area contributed by atoms with Gasteiger partial charge in [0.15, 0.2) is 0 Å². The Labute approximate surface area is 189 Å². The molecule has 3 rings (SSSR count). The van der Waals surface area contributed by atoms with Crippen molar-refractivity contribution in [2.24, 2.45) is 5.10 Å². The second kappa shape index (κ2) is 12.7. The molecule has 0 radical (unpaired) electrons. The lowest BCUT2D eigenvalue weighted by atomic mass is 10.1. The number of hydrazone groups is 1. The van der Waals surface area contributed by atoms with Gasteiger partial charge in [0.1, 0.15) is 0 Å². The van der Waals surface area contributed by atoms with Gasteiger partial charge in [0.25, 0.3) is 11.8 Å². The second-order valence-corrected chi connectivity index (χ2v) is 7.87. The maximum Gasteiger partial charge on any atom is 0.257 e. The molecule has 170 valence electrons. The minimum absolute atomic E-state index is 0.0707. The summed E-state index contributed by atoms with van der Waals surface area (Å²) in [6, 6.07) is 16.8. The van der Waals surface area contributed by atoms with Crippen molar-refractivity contribution in [1.82, 2.24) is 15.6 Å². The van der Waals surface area contributed by atoms with Crippen molar-refractivity contribution < 1.29 is 14.3 Å². The van der Waals surface area contributed by atoms with E-state index in [1.54, 1.807) is 18.3 Å². The monoisotopic (exact) mass is 436 g/mol. The van der Waals surface area contributed by atoms with Crippen LogP contribution in [-0.2, 0) is 9.53 Å². The average Bonchev–Trinajstić information content (AvgIpc) is 2.83. The van der Waals surface area contributed by atoms with Crippen molar-refractivity contribution in [2.75, 3.05) is 32.8 Å². The van der Waals surface area contributed by atoms with E-state index in [9.17, 15) is 9.59 Å². The first kappa shape index (κ1) is 23.6. The summed E-state index contributed by atoms with van der Waals surface area (Å²) in [6.07, 6.45) is 4.01. The second-order valence-electron chi connectivity index (χ2n) is 7.87. The fraction of sp³-hybridized carbons (Fsp3) is 0.400. The van der Waals surface area contributed by atoms with Crippen LogP contribution < -0.4 is 10.7 Å². The number of ether oxygens (including phenoxy) is 1. The summed E-state index contributed by atoms with van der Waals surface area (Å²) in [7, 11) is 0. The van der Waals surface area contributed by atoms with Crippen molar-refractivity contribution in [3.05, 3.63) is 71.3 Å². The van der Waals surface area contributed by atoms with Crippen LogP contribution in [0.25, 0.3) is 0 Å². The molecule has 0 saturated carbocycles. The van der Waals surface area contributed by atoms with E-state index < -0.39 is 0 Å². The maximum absolute atomic E-state index is 12.9. The standard InChI is InChI=1S/C25H32N4O3/c1-20-9-5-6-12-22(20)19-27-28-25(31)23(29-15-17-32-18-16-29)13-7-8-14-26-24(30)21-10-3-2-4-11-21/h2-6,9-12,19,23H,7-8,13-18H2,1H3,(H,26,30)(H,28,31). The molecule has 1 aliphatic rings. The molecule has 2 amide bonds. The van der Waals surface area contributed by atoms with E-state index in [1.807, 2.05) is 49.4 Å². The van der Waals surface area contributed by atoms with Gasteiger partial charge in [-0.2, -0.15) is 5.10 Å². The van der Waals surface area contributed by atoms with Crippen LogP contribution in [0.5, 0.6) is 0 Å². The molecule has 32 heavy (non-hydrogen) atoms. The average molecular weight is 437 g/mol. The van der Waals surface area contributed by atoms with E-state index in [1.165, 1.54) is 0 Å². The number of amides is 2. The zero-order chi connectivity index (χ0) is 22.6. The van der Waals surface area contributed by atoms with Crippen LogP contribution in [0, 0.1) is 6.92 Å². The highest BCUT2D eigenvalue weighted by Crippen LogP contribution is 2.12. The Bertz CT molecular complexity index is 895. The Balaban J connectivity index is 1.48. The summed E-state index contributed by atoms with van der Waals surface area (Å²) in [4.78, 5) is 27.2. The first-order valence-corrected chi connectivity index (χ1v) is 11.2. The predicted molar refractivity (Wildman–Crippen MR) is 126 cm³/mol. The summed E-state index contributed by atoms with van der Waals surface area (Å²) in [6.45, 7) is 5.30. The van der Waals surface area contributed by atoms with E-state index in [0.29, 0.717) is 31.7 Å². The zero-order valence-corrected chi connectivity index (χ0v) is 18.6. The van der Waals surface area contributed by atoms with Crippen LogP contribution in [0.1, 0.15) is 40.7 Å². The number of morpholine rings is 1. The number of carbonyl (C=O) groups excluding carboxylic acids is 2. The summed E-state index contributed by atoms with van der Waals surface area (Å²) >= 11 is 0. The molecule has 7 heteroatoms. The van der Waals surface area contributed by atoms with Gasteiger partial charge in [0.2, 0.25) is 0 Å². The lowest BCUT2D eigenvalue weighted by molar-refractivity contribution is -0.128. The van der Waals surface area contributed by atoms with Gasteiger partial charge >= 0.3 is 0 Å². The largest absolute Gasteiger partial charge is 0.379 e. The minimum Gasteiger partial charge on any atom is -0.379 e. The molecule has 2 aromatic rings. The molecule has 7 nitrogen and oxygen atoms in total. The summed E-state index contributed by atoms with van der Waals surface area (Å²) < 4.78 is 5.44. The van der Waals surface area contributed by atoms with Gasteiger partial charge in [-0.3, -0.25) is 14.5 Å². The van der Waals surface area contributed by atoms with Crippen LogP contribution >= 0.6 is 0 Å². The minimum atomic E-state index is -0.266. The van der Waals surface area contributed by atoms with Crippen LogP contribution in [-0.4, -0.2) is 61.8 Å². The van der Waals surface area contributed by atoms with Crippen LogP contribution in [0.2, 0.25) is 0 Å². The Morgan fingerprint density at radius 2 is 1.78 bits per heavy atom. The molecule has 0 spiro atoms. The van der Waals surface area contributed by atoms with Crippen LogP contribution in [0.3, 0.4) is 0 Å². The highest BCUT2D eigenvalue weighted by atomic mass is 16.5. The highest BCUT2D eigenvalue weighted by Gasteiger charge is 2.26. The summed E-state index contributed by atoms with van der Waals surface area (Å²) in [5.41, 5.74) is 5.45. The van der Waals surface area contributed by atoms with Gasteiger partial charge in [0, 0.05) is 25.2 Å². The molecule has 1 atom stereocenters. The highest BCUT2D eigenvalue weighted by molar-refractivity contribution is 5.94. The summed E-state index contributed by atoms with van der Waals surface area (Å²) in [5.74, 6) is -0.177. The lowest BCUT2D eigenvalue weighted by Gasteiger charge is -2.33. The van der Waals surface area contributed by atoms with Crippen molar-refractivity contribution in [3.8, 4) is 0 Å². The molecular weight excluding hydrogens is 404 g/mol. The van der Waals surface area contributed by atoms with Gasteiger partial charge in [-0.15, -0.1) is 0 Å². The first-order chi connectivity index (χ1) is 15.6. The third kappa shape index (κ3) is 7.28. The fourth-order valence-electron chi connectivity index (χ4n) is 3.70. The maximum atomic E-state index is 12.9. The number of hydrogen-bond donors (Lipinski definition) is 2. The van der Waals surface area contributed by atoms with E-state index in [2.05, 4.69) is 20.7 Å². The molecule has 1 fully saturated rings. The smallest absolute Gasteiger partial charge is 0.257 e. The van der Waals surface area contributed by atoms with Gasteiger partial charge in [0.05, 0.1) is 25.5 Å². The molecule has 1 saturated heterocycles. The SMILES string of the molecule is Cc1ccccc1C=NNC(=O)C(CCCCNC(=O)c1ccccc1)N1CCOCC1. The molecule has 2 aromatic carbocycles. The van der Waals surface area contributed by atoms with Gasteiger partial charge in [-0.25, -0.2) is 5.43 Å². The first-order valence-electron chi connectivity index (χ1n) is 11.2. The number of aryl methyl sites for hydroxylation is 1. The van der Waals surface area contributed by atoms with Crippen LogP contribution in [0.15, 0.2) is 59.7 Å². The van der Waals surface area contributed by atoms with E-state index in [4.69, 9.17) is 4.74 Å². The lowest BCUT2D eigenvalue weighted by Crippen LogP contribution is -2.50. The number of unbranched alkanes of at least 4 members (excludes halogenated alkanes) is 1. The molecule has 0 bridgehead atoms. The van der Waals surface area contributed by atoms with E-state index >= 15 is 0 Å². The molecule has 1 unspecified atom stereocenters.